The Bertz CT molecular complexity index is 299. The lowest BCUT2D eigenvalue weighted by Crippen LogP contribution is -2.24. The molecule has 0 bridgehead atoms. The van der Waals surface area contributed by atoms with Gasteiger partial charge in [-0.2, -0.15) is 5.10 Å². The van der Waals surface area contributed by atoms with Crippen molar-refractivity contribution in [1.29, 1.82) is 0 Å². The third kappa shape index (κ3) is 1.62. The molecule has 0 aliphatic carbocycles. The van der Waals surface area contributed by atoms with Crippen molar-refractivity contribution in [2.75, 3.05) is 0 Å². The van der Waals surface area contributed by atoms with Crippen LogP contribution < -0.4 is 0 Å². The SMILES string of the molecule is Cc1nn(C(C)(C)C)c(I)c1F. The Morgan fingerprint density at radius 2 is 1.92 bits per heavy atom. The van der Waals surface area contributed by atoms with Crippen LogP contribution in [0.5, 0.6) is 0 Å². The molecule has 0 spiro atoms. The maximum atomic E-state index is 13.2. The molecule has 0 amide bonds. The third-order valence-electron chi connectivity index (χ3n) is 1.57. The maximum Gasteiger partial charge on any atom is 0.177 e. The Balaban J connectivity index is 3.28. The summed E-state index contributed by atoms with van der Waals surface area (Å²) in [4.78, 5) is 0. The summed E-state index contributed by atoms with van der Waals surface area (Å²) >= 11 is 1.98. The summed E-state index contributed by atoms with van der Waals surface area (Å²) in [5.74, 6) is -0.203. The average molecular weight is 282 g/mol. The number of aromatic nitrogens is 2. The number of rotatable bonds is 0. The number of hydrogen-bond donors (Lipinski definition) is 0. The van der Waals surface area contributed by atoms with E-state index in [0.717, 1.165) is 0 Å². The number of halogens is 2. The summed E-state index contributed by atoms with van der Waals surface area (Å²) in [5, 5.41) is 4.12. The summed E-state index contributed by atoms with van der Waals surface area (Å²) in [6.45, 7) is 7.68. The molecule has 0 aliphatic heterocycles. The summed E-state index contributed by atoms with van der Waals surface area (Å²) in [7, 11) is 0. The monoisotopic (exact) mass is 282 g/mol. The van der Waals surface area contributed by atoms with Gasteiger partial charge in [0, 0.05) is 0 Å². The van der Waals surface area contributed by atoms with Crippen molar-refractivity contribution in [3.05, 3.63) is 15.2 Å². The van der Waals surface area contributed by atoms with Crippen LogP contribution in [-0.4, -0.2) is 9.78 Å². The van der Waals surface area contributed by atoms with Gasteiger partial charge in [-0.3, -0.25) is 4.68 Å². The molecular formula is C8H12FIN2. The highest BCUT2D eigenvalue weighted by Crippen LogP contribution is 2.21. The summed E-state index contributed by atoms with van der Waals surface area (Å²) in [6, 6.07) is 0. The van der Waals surface area contributed by atoms with Gasteiger partial charge in [0.25, 0.3) is 0 Å². The van der Waals surface area contributed by atoms with Crippen molar-refractivity contribution in [2.24, 2.45) is 0 Å². The van der Waals surface area contributed by atoms with Crippen LogP contribution in [0.2, 0.25) is 0 Å². The molecule has 68 valence electrons. The predicted molar refractivity (Wildman–Crippen MR) is 54.6 cm³/mol. The van der Waals surface area contributed by atoms with Gasteiger partial charge in [-0.25, -0.2) is 4.39 Å². The van der Waals surface area contributed by atoms with Crippen LogP contribution in [0.3, 0.4) is 0 Å². The van der Waals surface area contributed by atoms with Crippen molar-refractivity contribution in [2.45, 2.75) is 33.2 Å². The first-order valence-electron chi connectivity index (χ1n) is 3.75. The van der Waals surface area contributed by atoms with Crippen molar-refractivity contribution in [1.82, 2.24) is 9.78 Å². The Kier molecular flexibility index (Phi) is 2.47. The second kappa shape index (κ2) is 2.97. The highest BCUT2D eigenvalue weighted by Gasteiger charge is 2.21. The molecule has 0 aromatic carbocycles. The van der Waals surface area contributed by atoms with E-state index in [4.69, 9.17) is 0 Å². The predicted octanol–water partition coefficient (Wildman–Crippen LogP) is 2.69. The fourth-order valence-corrected chi connectivity index (χ4v) is 2.15. The van der Waals surface area contributed by atoms with E-state index in [9.17, 15) is 4.39 Å². The van der Waals surface area contributed by atoms with Crippen LogP contribution in [0.1, 0.15) is 26.5 Å². The average Bonchev–Trinajstić information content (AvgIpc) is 2.15. The molecule has 1 aromatic heterocycles. The Morgan fingerprint density at radius 3 is 2.08 bits per heavy atom. The van der Waals surface area contributed by atoms with Crippen molar-refractivity contribution in [3.8, 4) is 0 Å². The first-order valence-corrected chi connectivity index (χ1v) is 4.83. The van der Waals surface area contributed by atoms with E-state index in [1.165, 1.54) is 0 Å². The fraction of sp³-hybridized carbons (Fsp3) is 0.625. The number of nitrogens with zero attached hydrogens (tertiary/aromatic N) is 2. The van der Waals surface area contributed by atoms with Gasteiger partial charge in [0.15, 0.2) is 5.82 Å². The number of aryl methyl sites for hydroxylation is 1. The zero-order chi connectivity index (χ0) is 9.52. The first-order chi connectivity index (χ1) is 5.34. The minimum absolute atomic E-state index is 0.147. The van der Waals surface area contributed by atoms with E-state index >= 15 is 0 Å². The van der Waals surface area contributed by atoms with E-state index in [2.05, 4.69) is 5.10 Å². The van der Waals surface area contributed by atoms with Gasteiger partial charge < -0.3 is 0 Å². The lowest BCUT2D eigenvalue weighted by atomic mass is 10.1. The van der Waals surface area contributed by atoms with E-state index in [1.54, 1.807) is 11.6 Å². The molecule has 2 nitrogen and oxygen atoms in total. The first kappa shape index (κ1) is 9.95. The van der Waals surface area contributed by atoms with Crippen LogP contribution in [0.15, 0.2) is 0 Å². The van der Waals surface area contributed by atoms with Gasteiger partial charge in [0.05, 0.1) is 11.2 Å². The van der Waals surface area contributed by atoms with Crippen LogP contribution in [0, 0.1) is 16.4 Å². The van der Waals surface area contributed by atoms with Crippen LogP contribution in [0.25, 0.3) is 0 Å². The van der Waals surface area contributed by atoms with Crippen LogP contribution in [-0.2, 0) is 5.54 Å². The van der Waals surface area contributed by atoms with Gasteiger partial charge in [0.1, 0.15) is 3.70 Å². The van der Waals surface area contributed by atoms with Gasteiger partial charge in [0.2, 0.25) is 0 Å². The molecule has 0 radical (unpaired) electrons. The molecule has 1 aromatic rings. The summed E-state index contributed by atoms with van der Waals surface area (Å²) in [5.41, 5.74) is 0.320. The van der Waals surface area contributed by atoms with Gasteiger partial charge >= 0.3 is 0 Å². The molecule has 12 heavy (non-hydrogen) atoms. The topological polar surface area (TPSA) is 17.8 Å². The van der Waals surface area contributed by atoms with Crippen LogP contribution >= 0.6 is 22.6 Å². The number of hydrogen-bond acceptors (Lipinski definition) is 1. The lowest BCUT2D eigenvalue weighted by molar-refractivity contribution is 0.344. The molecule has 0 fully saturated rings. The van der Waals surface area contributed by atoms with Crippen molar-refractivity contribution < 1.29 is 4.39 Å². The Hall–Kier alpha value is -0.130. The molecule has 0 atom stereocenters. The van der Waals surface area contributed by atoms with Crippen molar-refractivity contribution in [3.63, 3.8) is 0 Å². The second-order valence-electron chi connectivity index (χ2n) is 3.77. The van der Waals surface area contributed by atoms with E-state index in [1.807, 2.05) is 43.4 Å². The molecule has 0 unspecified atom stereocenters. The highest BCUT2D eigenvalue weighted by atomic mass is 127. The van der Waals surface area contributed by atoms with Gasteiger partial charge in [-0.05, 0) is 50.3 Å². The molecule has 0 aliphatic rings. The molecular weight excluding hydrogens is 270 g/mol. The quantitative estimate of drug-likeness (QED) is 0.669. The Labute approximate surface area is 85.3 Å². The Morgan fingerprint density at radius 1 is 1.42 bits per heavy atom. The van der Waals surface area contributed by atoms with Crippen molar-refractivity contribution >= 4 is 22.6 Å². The lowest BCUT2D eigenvalue weighted by Gasteiger charge is -2.20. The molecule has 1 heterocycles. The maximum absolute atomic E-state index is 13.2. The van der Waals surface area contributed by atoms with E-state index in [0.29, 0.717) is 9.39 Å². The van der Waals surface area contributed by atoms with Gasteiger partial charge in [-0.1, -0.05) is 0 Å². The molecule has 0 N–H and O–H groups in total. The largest absolute Gasteiger partial charge is 0.251 e. The second-order valence-corrected chi connectivity index (χ2v) is 4.79. The minimum atomic E-state index is -0.203. The zero-order valence-electron chi connectivity index (χ0n) is 7.65. The normalized spacial score (nSPS) is 12.2. The summed E-state index contributed by atoms with van der Waals surface area (Å²) < 4.78 is 15.5. The molecule has 0 saturated carbocycles. The van der Waals surface area contributed by atoms with E-state index < -0.39 is 0 Å². The van der Waals surface area contributed by atoms with Gasteiger partial charge in [-0.15, -0.1) is 0 Å². The third-order valence-corrected chi connectivity index (χ3v) is 2.50. The molecule has 0 saturated heterocycles. The molecule has 4 heteroatoms. The minimum Gasteiger partial charge on any atom is -0.251 e. The smallest absolute Gasteiger partial charge is 0.177 e. The summed E-state index contributed by atoms with van der Waals surface area (Å²) in [6.07, 6.45) is 0. The fourth-order valence-electron chi connectivity index (χ4n) is 0.925. The standard InChI is InChI=1S/C8H12FIN2/c1-5-6(9)7(10)12(11-5)8(2,3)4/h1-4H3. The highest BCUT2D eigenvalue weighted by molar-refractivity contribution is 14.1. The van der Waals surface area contributed by atoms with E-state index in [-0.39, 0.29) is 11.4 Å². The van der Waals surface area contributed by atoms with Crippen LogP contribution in [0.4, 0.5) is 4.39 Å². The zero-order valence-corrected chi connectivity index (χ0v) is 9.81. The molecule has 1 rings (SSSR count).